The number of nitrogens with one attached hydrogen (secondary N) is 1. The third-order valence-corrected chi connectivity index (χ3v) is 5.34. The molecule has 0 unspecified atom stereocenters. The van der Waals surface area contributed by atoms with Gasteiger partial charge in [0.25, 0.3) is 0 Å². The SMILES string of the molecule is COc1ccc(C)cc1C1(CNc2c([N+](=O)[O-])c(C)nn2C)CCOCC1. The molecule has 1 saturated heterocycles. The van der Waals surface area contributed by atoms with Gasteiger partial charge in [-0.3, -0.25) is 10.1 Å². The van der Waals surface area contributed by atoms with Crippen LogP contribution in [0.4, 0.5) is 11.5 Å². The molecule has 8 heteroatoms. The van der Waals surface area contributed by atoms with E-state index >= 15 is 0 Å². The summed E-state index contributed by atoms with van der Waals surface area (Å²) in [6.45, 7) is 5.53. The summed E-state index contributed by atoms with van der Waals surface area (Å²) >= 11 is 0. The zero-order valence-corrected chi connectivity index (χ0v) is 16.2. The Hall–Kier alpha value is -2.61. The number of nitrogens with zero attached hydrogens (tertiary/aromatic N) is 3. The third-order valence-electron chi connectivity index (χ3n) is 5.34. The van der Waals surface area contributed by atoms with Crippen molar-refractivity contribution in [2.75, 3.05) is 32.2 Å². The van der Waals surface area contributed by atoms with Crippen molar-refractivity contribution in [1.82, 2.24) is 9.78 Å². The Labute approximate surface area is 158 Å². The second kappa shape index (κ2) is 7.56. The summed E-state index contributed by atoms with van der Waals surface area (Å²) in [7, 11) is 3.39. The number of methoxy groups -OCH3 is 1. The molecule has 8 nitrogen and oxygen atoms in total. The molecule has 1 aliphatic heterocycles. The van der Waals surface area contributed by atoms with E-state index in [1.807, 2.05) is 12.1 Å². The van der Waals surface area contributed by atoms with Gasteiger partial charge in [0.15, 0.2) is 0 Å². The number of aromatic nitrogens is 2. The zero-order chi connectivity index (χ0) is 19.6. The van der Waals surface area contributed by atoms with Crippen LogP contribution in [-0.4, -0.2) is 41.6 Å². The van der Waals surface area contributed by atoms with Gasteiger partial charge in [-0.05, 0) is 32.8 Å². The predicted octanol–water partition coefficient (Wildman–Crippen LogP) is 3.11. The second-order valence-electron chi connectivity index (χ2n) is 7.11. The van der Waals surface area contributed by atoms with Gasteiger partial charge in [-0.25, -0.2) is 4.68 Å². The van der Waals surface area contributed by atoms with E-state index < -0.39 is 0 Å². The average Bonchev–Trinajstić information content (AvgIpc) is 2.94. The van der Waals surface area contributed by atoms with E-state index in [0.717, 1.165) is 29.7 Å². The van der Waals surface area contributed by atoms with Gasteiger partial charge in [0, 0.05) is 37.8 Å². The number of nitro groups is 1. The van der Waals surface area contributed by atoms with Crippen LogP contribution in [0.15, 0.2) is 18.2 Å². The van der Waals surface area contributed by atoms with Gasteiger partial charge in [0.1, 0.15) is 11.4 Å². The highest BCUT2D eigenvalue weighted by Crippen LogP contribution is 2.41. The van der Waals surface area contributed by atoms with Crippen LogP contribution >= 0.6 is 0 Å². The fraction of sp³-hybridized carbons (Fsp3) is 0.526. The molecule has 0 aliphatic carbocycles. The van der Waals surface area contributed by atoms with Crippen molar-refractivity contribution in [3.05, 3.63) is 45.1 Å². The van der Waals surface area contributed by atoms with Crippen molar-refractivity contribution >= 4 is 11.5 Å². The maximum atomic E-state index is 11.5. The quantitative estimate of drug-likeness (QED) is 0.617. The fourth-order valence-electron chi connectivity index (χ4n) is 3.86. The number of benzene rings is 1. The smallest absolute Gasteiger partial charge is 0.333 e. The first kappa shape index (κ1) is 19.2. The number of anilines is 1. The van der Waals surface area contributed by atoms with Gasteiger partial charge in [-0.2, -0.15) is 5.10 Å². The van der Waals surface area contributed by atoms with E-state index in [2.05, 4.69) is 23.4 Å². The molecule has 0 bridgehead atoms. The van der Waals surface area contributed by atoms with Crippen LogP contribution in [0, 0.1) is 24.0 Å². The number of ether oxygens (including phenoxy) is 2. The third kappa shape index (κ3) is 3.62. The van der Waals surface area contributed by atoms with Gasteiger partial charge < -0.3 is 14.8 Å². The molecule has 1 fully saturated rings. The van der Waals surface area contributed by atoms with Crippen LogP contribution in [0.25, 0.3) is 0 Å². The maximum absolute atomic E-state index is 11.5. The first-order chi connectivity index (χ1) is 12.9. The minimum atomic E-state index is -0.380. The van der Waals surface area contributed by atoms with Crippen molar-refractivity contribution in [3.8, 4) is 5.75 Å². The van der Waals surface area contributed by atoms with Gasteiger partial charge in [-0.15, -0.1) is 0 Å². The van der Waals surface area contributed by atoms with Gasteiger partial charge in [0.2, 0.25) is 5.82 Å². The number of aryl methyl sites for hydroxylation is 3. The molecule has 0 radical (unpaired) electrons. The maximum Gasteiger partial charge on any atom is 0.333 e. The normalized spacial score (nSPS) is 16.1. The first-order valence-electron chi connectivity index (χ1n) is 9.03. The zero-order valence-electron chi connectivity index (χ0n) is 16.2. The minimum Gasteiger partial charge on any atom is -0.496 e. The molecule has 1 N–H and O–H groups in total. The van der Waals surface area contributed by atoms with Crippen molar-refractivity contribution in [3.63, 3.8) is 0 Å². The van der Waals surface area contributed by atoms with E-state index in [9.17, 15) is 10.1 Å². The molecule has 0 amide bonds. The molecule has 1 aromatic heterocycles. The summed E-state index contributed by atoms with van der Waals surface area (Å²) < 4.78 is 12.8. The van der Waals surface area contributed by atoms with E-state index in [1.165, 1.54) is 4.68 Å². The molecular weight excluding hydrogens is 348 g/mol. The Bertz CT molecular complexity index is 840. The Morgan fingerprint density at radius 1 is 1.37 bits per heavy atom. The molecule has 3 rings (SSSR count). The molecule has 146 valence electrons. The Balaban J connectivity index is 1.99. The van der Waals surface area contributed by atoms with Gasteiger partial charge >= 0.3 is 5.69 Å². The van der Waals surface area contributed by atoms with E-state index in [4.69, 9.17) is 9.47 Å². The monoisotopic (exact) mass is 374 g/mol. The highest BCUT2D eigenvalue weighted by Gasteiger charge is 2.38. The van der Waals surface area contributed by atoms with E-state index in [-0.39, 0.29) is 16.0 Å². The van der Waals surface area contributed by atoms with Crippen LogP contribution < -0.4 is 10.1 Å². The van der Waals surface area contributed by atoms with Crippen LogP contribution in [0.5, 0.6) is 5.75 Å². The summed E-state index contributed by atoms with van der Waals surface area (Å²) in [4.78, 5) is 11.1. The Kier molecular flexibility index (Phi) is 5.36. The molecule has 1 aliphatic rings. The lowest BCUT2D eigenvalue weighted by Crippen LogP contribution is -2.40. The standard InChI is InChI=1S/C19H26N4O4/c1-13-5-6-16(26-4)15(11-13)19(7-9-27-10-8-19)12-20-18-17(23(24)25)14(2)21-22(18)3/h5-6,11,20H,7-10,12H2,1-4H3. The summed E-state index contributed by atoms with van der Waals surface area (Å²) in [6.07, 6.45) is 1.62. The fourth-order valence-corrected chi connectivity index (χ4v) is 3.86. The van der Waals surface area contributed by atoms with Crippen LogP contribution in [0.3, 0.4) is 0 Å². The molecule has 2 aromatic rings. The summed E-state index contributed by atoms with van der Waals surface area (Å²) in [5, 5.41) is 19.0. The molecule has 0 atom stereocenters. The lowest BCUT2D eigenvalue weighted by molar-refractivity contribution is -0.384. The lowest BCUT2D eigenvalue weighted by atomic mass is 9.73. The average molecular weight is 374 g/mol. The molecule has 27 heavy (non-hydrogen) atoms. The summed E-state index contributed by atoms with van der Waals surface area (Å²) in [6, 6.07) is 6.16. The second-order valence-corrected chi connectivity index (χ2v) is 7.11. The highest BCUT2D eigenvalue weighted by molar-refractivity contribution is 5.60. The van der Waals surface area contributed by atoms with E-state index in [0.29, 0.717) is 31.3 Å². The molecule has 1 aromatic carbocycles. The molecule has 0 spiro atoms. The molecule has 0 saturated carbocycles. The van der Waals surface area contributed by atoms with Crippen LogP contribution in [0.2, 0.25) is 0 Å². The largest absolute Gasteiger partial charge is 0.496 e. The first-order valence-corrected chi connectivity index (χ1v) is 9.03. The highest BCUT2D eigenvalue weighted by atomic mass is 16.6. The molecular formula is C19H26N4O4. The Morgan fingerprint density at radius 3 is 2.70 bits per heavy atom. The van der Waals surface area contributed by atoms with Crippen molar-refractivity contribution in [1.29, 1.82) is 0 Å². The van der Waals surface area contributed by atoms with Gasteiger partial charge in [0.05, 0.1) is 12.0 Å². The van der Waals surface area contributed by atoms with Crippen molar-refractivity contribution in [2.45, 2.75) is 32.1 Å². The minimum absolute atomic E-state index is 0.0240. The van der Waals surface area contributed by atoms with Gasteiger partial charge in [-0.1, -0.05) is 17.7 Å². The van der Waals surface area contributed by atoms with Crippen LogP contribution in [-0.2, 0) is 17.2 Å². The predicted molar refractivity (Wildman–Crippen MR) is 103 cm³/mol. The number of rotatable bonds is 6. The topological polar surface area (TPSA) is 91.5 Å². The molecule has 2 heterocycles. The summed E-state index contributed by atoms with van der Waals surface area (Å²) in [5.41, 5.74) is 2.46. The number of hydrogen-bond acceptors (Lipinski definition) is 6. The summed E-state index contributed by atoms with van der Waals surface area (Å²) in [5.74, 6) is 1.26. The van der Waals surface area contributed by atoms with E-state index in [1.54, 1.807) is 21.1 Å². The van der Waals surface area contributed by atoms with Crippen LogP contribution in [0.1, 0.15) is 29.7 Å². The lowest BCUT2D eigenvalue weighted by Gasteiger charge is -2.39. The van der Waals surface area contributed by atoms with Crippen molar-refractivity contribution in [2.24, 2.45) is 7.05 Å². The van der Waals surface area contributed by atoms with Crippen molar-refractivity contribution < 1.29 is 14.4 Å². The number of hydrogen-bond donors (Lipinski definition) is 1. The Morgan fingerprint density at radius 2 is 2.07 bits per heavy atom.